The molecule has 2 aliphatic carbocycles. The molecule has 8 heteroatoms. The van der Waals surface area contributed by atoms with E-state index in [0.29, 0.717) is 17.9 Å². The molecule has 1 atom stereocenters. The maximum absolute atomic E-state index is 15.2. The fourth-order valence-electron chi connectivity index (χ4n) is 3.74. The van der Waals surface area contributed by atoms with Gasteiger partial charge in [0, 0.05) is 47.8 Å². The van der Waals surface area contributed by atoms with Crippen molar-refractivity contribution in [1.29, 1.82) is 0 Å². The molecule has 2 fully saturated rings. The first-order chi connectivity index (χ1) is 15.3. The lowest BCUT2D eigenvalue weighted by Crippen LogP contribution is -2.45. The molecule has 170 valence electrons. The largest absolute Gasteiger partial charge is 0.316 e. The standard InChI is InChI=1S/C24H25F4N3S/c1-2-31(14-24(5-6-24)13-30-32-20-3-4-20)22(29)10-16-9-19(27)12-21(23(16)28)15-7-17(25)11-18(26)8-15/h1,7-9,11-12,20,22,30H,3-6,10,13-14,29H2. The van der Waals surface area contributed by atoms with Gasteiger partial charge >= 0.3 is 0 Å². The van der Waals surface area contributed by atoms with Gasteiger partial charge in [-0.15, -0.1) is 0 Å². The van der Waals surface area contributed by atoms with Crippen molar-refractivity contribution in [3.8, 4) is 23.6 Å². The summed E-state index contributed by atoms with van der Waals surface area (Å²) in [7, 11) is 0. The molecule has 3 nitrogen and oxygen atoms in total. The van der Waals surface area contributed by atoms with Crippen LogP contribution in [0, 0.1) is 41.2 Å². The van der Waals surface area contributed by atoms with Gasteiger partial charge in [0.05, 0.1) is 6.17 Å². The number of rotatable bonds is 10. The molecule has 0 saturated heterocycles. The third kappa shape index (κ3) is 5.58. The number of nitrogens with one attached hydrogen (secondary N) is 1. The predicted octanol–water partition coefficient (Wildman–Crippen LogP) is 4.81. The molecule has 0 aromatic heterocycles. The van der Waals surface area contributed by atoms with Crippen molar-refractivity contribution < 1.29 is 17.6 Å². The van der Waals surface area contributed by atoms with Crippen LogP contribution in [0.1, 0.15) is 31.2 Å². The zero-order valence-corrected chi connectivity index (χ0v) is 18.3. The maximum Gasteiger partial charge on any atom is 0.134 e. The molecule has 2 aliphatic rings. The van der Waals surface area contributed by atoms with Crippen molar-refractivity contribution in [3.63, 3.8) is 0 Å². The summed E-state index contributed by atoms with van der Waals surface area (Å²) in [6.45, 7) is 1.38. The van der Waals surface area contributed by atoms with Crippen LogP contribution in [0.2, 0.25) is 0 Å². The van der Waals surface area contributed by atoms with E-state index in [2.05, 4.69) is 10.8 Å². The minimum absolute atomic E-state index is 0.00433. The van der Waals surface area contributed by atoms with E-state index in [9.17, 15) is 13.2 Å². The van der Waals surface area contributed by atoms with E-state index >= 15 is 4.39 Å². The molecule has 4 rings (SSSR count). The van der Waals surface area contributed by atoms with Crippen molar-refractivity contribution in [3.05, 3.63) is 59.2 Å². The highest BCUT2D eigenvalue weighted by molar-refractivity contribution is 7.98. The summed E-state index contributed by atoms with van der Waals surface area (Å²) in [6, 6.07) is 7.14. The topological polar surface area (TPSA) is 41.3 Å². The van der Waals surface area contributed by atoms with E-state index < -0.39 is 29.4 Å². The van der Waals surface area contributed by atoms with Crippen LogP contribution >= 0.6 is 11.9 Å². The average Bonchev–Trinajstić information content (AvgIpc) is 3.66. The third-order valence-electron chi connectivity index (χ3n) is 5.97. The molecule has 0 amide bonds. The summed E-state index contributed by atoms with van der Waals surface area (Å²) in [4.78, 5) is 1.63. The molecule has 32 heavy (non-hydrogen) atoms. The summed E-state index contributed by atoms with van der Waals surface area (Å²) in [6.07, 6.45) is 9.46. The van der Waals surface area contributed by atoms with Gasteiger partial charge in [0.15, 0.2) is 0 Å². The molecule has 0 heterocycles. The number of benzene rings is 2. The van der Waals surface area contributed by atoms with E-state index in [1.54, 1.807) is 16.8 Å². The van der Waals surface area contributed by atoms with Crippen molar-refractivity contribution in [2.24, 2.45) is 11.1 Å². The highest BCUT2D eigenvalue weighted by atomic mass is 32.2. The van der Waals surface area contributed by atoms with Crippen LogP contribution in [0.25, 0.3) is 11.1 Å². The van der Waals surface area contributed by atoms with Crippen LogP contribution < -0.4 is 10.5 Å². The van der Waals surface area contributed by atoms with Crippen LogP contribution in [-0.4, -0.2) is 29.4 Å². The first-order valence-electron chi connectivity index (χ1n) is 10.6. The zero-order valence-electron chi connectivity index (χ0n) is 17.5. The number of terminal acetylenes is 1. The first-order valence-corrected chi connectivity index (χ1v) is 11.5. The Hall–Kier alpha value is -2.21. The van der Waals surface area contributed by atoms with E-state index in [-0.39, 0.29) is 28.5 Å². The van der Waals surface area contributed by atoms with E-state index in [1.807, 2.05) is 0 Å². The summed E-state index contributed by atoms with van der Waals surface area (Å²) in [5.74, 6) is -3.24. The van der Waals surface area contributed by atoms with E-state index in [4.69, 9.17) is 12.2 Å². The van der Waals surface area contributed by atoms with Crippen LogP contribution in [-0.2, 0) is 6.42 Å². The van der Waals surface area contributed by atoms with Crippen molar-refractivity contribution in [1.82, 2.24) is 9.62 Å². The Bertz CT molecular complexity index is 1010. The van der Waals surface area contributed by atoms with Gasteiger partial charge in [0.25, 0.3) is 0 Å². The molecule has 0 aliphatic heterocycles. The monoisotopic (exact) mass is 463 g/mol. The molecule has 3 N–H and O–H groups in total. The SMILES string of the molecule is C#CN(CC1(CNSC2CC2)CC1)C(N)Cc1cc(F)cc(-c2cc(F)cc(F)c2)c1F. The Kier molecular flexibility index (Phi) is 6.70. The van der Waals surface area contributed by atoms with Crippen LogP contribution in [0.15, 0.2) is 30.3 Å². The third-order valence-corrected chi connectivity index (χ3v) is 7.08. The Morgan fingerprint density at radius 2 is 1.75 bits per heavy atom. The summed E-state index contributed by atoms with van der Waals surface area (Å²) >= 11 is 1.76. The molecular formula is C24H25F4N3S. The van der Waals surface area contributed by atoms with Crippen molar-refractivity contribution >= 4 is 11.9 Å². The molecule has 2 saturated carbocycles. The Morgan fingerprint density at radius 3 is 2.34 bits per heavy atom. The molecule has 2 aromatic carbocycles. The van der Waals surface area contributed by atoms with Gasteiger partial charge in [0.2, 0.25) is 0 Å². The van der Waals surface area contributed by atoms with Gasteiger partial charge in [-0.3, -0.25) is 4.72 Å². The van der Waals surface area contributed by atoms with Gasteiger partial charge in [-0.05, 0) is 61.1 Å². The van der Waals surface area contributed by atoms with E-state index in [0.717, 1.165) is 43.7 Å². The number of hydrogen-bond donors (Lipinski definition) is 2. The van der Waals surface area contributed by atoms with Gasteiger partial charge in [-0.25, -0.2) is 17.6 Å². The number of halogens is 4. The average molecular weight is 464 g/mol. The van der Waals surface area contributed by atoms with Crippen LogP contribution in [0.4, 0.5) is 17.6 Å². The fourth-order valence-corrected chi connectivity index (χ4v) is 4.73. The summed E-state index contributed by atoms with van der Waals surface area (Å²) in [5.41, 5.74) is 6.02. The predicted molar refractivity (Wildman–Crippen MR) is 119 cm³/mol. The lowest BCUT2D eigenvalue weighted by molar-refractivity contribution is 0.241. The van der Waals surface area contributed by atoms with E-state index in [1.165, 1.54) is 12.8 Å². The highest BCUT2D eigenvalue weighted by Gasteiger charge is 2.44. The second-order valence-corrected chi connectivity index (χ2v) is 9.94. The Morgan fingerprint density at radius 1 is 1.09 bits per heavy atom. The normalized spacial score (nSPS) is 17.6. The quantitative estimate of drug-likeness (QED) is 0.174. The minimum Gasteiger partial charge on any atom is -0.316 e. The molecule has 0 spiro atoms. The van der Waals surface area contributed by atoms with Gasteiger partial charge < -0.3 is 10.6 Å². The first kappa shape index (κ1) is 23.0. The summed E-state index contributed by atoms with van der Waals surface area (Å²) in [5, 5.41) is 0.702. The molecular weight excluding hydrogens is 438 g/mol. The smallest absolute Gasteiger partial charge is 0.134 e. The van der Waals surface area contributed by atoms with Crippen molar-refractivity contribution in [2.45, 2.75) is 43.5 Å². The second-order valence-electron chi connectivity index (χ2n) is 8.75. The number of hydrogen-bond acceptors (Lipinski definition) is 4. The fraction of sp³-hybridized carbons (Fsp3) is 0.417. The zero-order chi connectivity index (χ0) is 22.9. The molecule has 1 unspecified atom stereocenters. The van der Waals surface area contributed by atoms with Gasteiger partial charge in [-0.2, -0.15) is 0 Å². The van der Waals surface area contributed by atoms with Crippen molar-refractivity contribution in [2.75, 3.05) is 13.1 Å². The minimum atomic E-state index is -0.872. The van der Waals surface area contributed by atoms with Gasteiger partial charge in [0.1, 0.15) is 23.3 Å². The molecule has 2 aromatic rings. The summed E-state index contributed by atoms with van der Waals surface area (Å²) < 4.78 is 60.1. The maximum atomic E-state index is 15.2. The van der Waals surface area contributed by atoms with Crippen LogP contribution in [0.5, 0.6) is 0 Å². The molecule has 0 bridgehead atoms. The Balaban J connectivity index is 1.47. The lowest BCUT2D eigenvalue weighted by atomic mass is 9.98. The molecule has 0 radical (unpaired) electrons. The number of nitrogens with two attached hydrogens (primary N) is 1. The lowest BCUT2D eigenvalue weighted by Gasteiger charge is -2.30. The Labute approximate surface area is 189 Å². The highest BCUT2D eigenvalue weighted by Crippen LogP contribution is 2.46. The van der Waals surface area contributed by atoms with Gasteiger partial charge in [-0.1, -0.05) is 18.4 Å². The second kappa shape index (κ2) is 9.34. The number of nitrogens with zero attached hydrogens (tertiary/aromatic N) is 1. The van der Waals surface area contributed by atoms with Crippen LogP contribution in [0.3, 0.4) is 0 Å².